The van der Waals surface area contributed by atoms with Crippen molar-refractivity contribution in [1.29, 1.82) is 0 Å². The van der Waals surface area contributed by atoms with Crippen LogP contribution in [0.15, 0.2) is 41.7 Å². The van der Waals surface area contributed by atoms with Crippen molar-refractivity contribution in [3.63, 3.8) is 0 Å². The van der Waals surface area contributed by atoms with Gasteiger partial charge in [-0.05, 0) is 31.5 Å². The molecule has 0 aliphatic carbocycles. The van der Waals surface area contributed by atoms with Crippen molar-refractivity contribution in [1.82, 2.24) is 9.88 Å². The second-order valence-corrected chi connectivity index (χ2v) is 7.35. The molecule has 0 unspecified atom stereocenters. The van der Waals surface area contributed by atoms with Crippen molar-refractivity contribution in [2.75, 3.05) is 7.05 Å². The van der Waals surface area contributed by atoms with E-state index < -0.39 is 5.54 Å². The van der Waals surface area contributed by atoms with E-state index in [2.05, 4.69) is 24.0 Å². The van der Waals surface area contributed by atoms with Gasteiger partial charge in [-0.25, -0.2) is 4.99 Å². The molecule has 0 saturated heterocycles. The highest BCUT2D eigenvalue weighted by Gasteiger charge is 2.46. The summed E-state index contributed by atoms with van der Waals surface area (Å²) in [7, 11) is 1.69. The highest BCUT2D eigenvalue weighted by atomic mass is 32.1. The molecule has 0 spiro atoms. The summed E-state index contributed by atoms with van der Waals surface area (Å²) < 4.78 is 0. The Morgan fingerprint density at radius 2 is 2.17 bits per heavy atom. The molecule has 2 aromatic rings. The average Bonchev–Trinajstić information content (AvgIpc) is 3.08. The van der Waals surface area contributed by atoms with Crippen LogP contribution in [0.1, 0.15) is 31.6 Å². The van der Waals surface area contributed by atoms with Gasteiger partial charge in [0.1, 0.15) is 5.54 Å². The molecule has 0 bridgehead atoms. The highest BCUT2D eigenvalue weighted by Crippen LogP contribution is 2.44. The molecular formula is C18H22N4OS. The number of hydrogen-bond donors (Lipinski definition) is 1. The molecule has 3 heterocycles. The summed E-state index contributed by atoms with van der Waals surface area (Å²) in [4.78, 5) is 25.3. The first-order valence-electron chi connectivity index (χ1n) is 8.11. The van der Waals surface area contributed by atoms with Crippen molar-refractivity contribution in [2.45, 2.75) is 32.2 Å². The number of nitrogens with two attached hydrogens (primary N) is 1. The average molecular weight is 342 g/mol. The summed E-state index contributed by atoms with van der Waals surface area (Å²) in [6.45, 7) is 4.11. The Bertz CT molecular complexity index is 770. The highest BCUT2D eigenvalue weighted by molar-refractivity contribution is 7.15. The zero-order chi connectivity index (χ0) is 17.3. The van der Waals surface area contributed by atoms with Gasteiger partial charge >= 0.3 is 0 Å². The van der Waals surface area contributed by atoms with Crippen molar-refractivity contribution < 1.29 is 4.79 Å². The number of nitrogens with zero attached hydrogens (tertiary/aromatic N) is 3. The number of hydrogen-bond acceptors (Lipinski definition) is 5. The third-order valence-corrected chi connectivity index (χ3v) is 5.99. The number of amides is 1. The predicted octanol–water partition coefficient (Wildman–Crippen LogP) is 3.23. The fourth-order valence-corrected chi connectivity index (χ4v) is 4.31. The Kier molecular flexibility index (Phi) is 4.41. The molecule has 0 saturated carbocycles. The minimum absolute atomic E-state index is 0.0446. The lowest BCUT2D eigenvalue weighted by atomic mass is 9.79. The first-order chi connectivity index (χ1) is 11.5. The SMILES string of the molecule is CCC[C@@H]1C(=O)N(C)C(N)=N[C@]1(C)c1ccc(-c2cccnc2)s1. The minimum Gasteiger partial charge on any atom is -0.369 e. The van der Waals surface area contributed by atoms with E-state index in [0.717, 1.165) is 28.2 Å². The third kappa shape index (κ3) is 2.71. The second kappa shape index (κ2) is 6.36. The van der Waals surface area contributed by atoms with Crippen LogP contribution < -0.4 is 5.73 Å². The lowest BCUT2D eigenvalue weighted by Crippen LogP contribution is -2.53. The van der Waals surface area contributed by atoms with Crippen LogP contribution in [-0.2, 0) is 10.3 Å². The minimum atomic E-state index is -0.616. The maximum absolute atomic E-state index is 12.8. The van der Waals surface area contributed by atoms with Crippen LogP contribution in [0.25, 0.3) is 10.4 Å². The Labute approximate surface area is 146 Å². The summed E-state index contributed by atoms with van der Waals surface area (Å²) in [5, 5.41) is 0. The molecule has 0 aromatic carbocycles. The summed E-state index contributed by atoms with van der Waals surface area (Å²) in [5.74, 6) is 0.134. The fourth-order valence-electron chi connectivity index (χ4n) is 3.17. The standard InChI is InChI=1S/C18H22N4OS/c1-4-6-13-16(23)22(3)17(19)21-18(13,2)15-9-8-14(24-15)12-7-5-10-20-11-12/h5,7-11,13H,4,6H2,1-3H3,(H2,19,21)/t13-,18+/m1/s1. The molecular weight excluding hydrogens is 320 g/mol. The first kappa shape index (κ1) is 16.6. The number of pyridine rings is 1. The number of thiophene rings is 1. The van der Waals surface area contributed by atoms with Crippen LogP contribution >= 0.6 is 11.3 Å². The number of carbonyl (C=O) groups is 1. The molecule has 1 aliphatic heterocycles. The molecule has 0 fully saturated rings. The van der Waals surface area contributed by atoms with Crippen LogP contribution in [0, 0.1) is 5.92 Å². The predicted molar refractivity (Wildman–Crippen MR) is 97.7 cm³/mol. The number of carbonyl (C=O) groups excluding carboxylic acids is 1. The van der Waals surface area contributed by atoms with Gasteiger partial charge in [0.2, 0.25) is 5.91 Å². The van der Waals surface area contributed by atoms with Crippen LogP contribution in [-0.4, -0.2) is 28.8 Å². The zero-order valence-corrected chi connectivity index (χ0v) is 15.0. The van der Waals surface area contributed by atoms with E-state index in [9.17, 15) is 4.79 Å². The first-order valence-corrected chi connectivity index (χ1v) is 8.92. The molecule has 5 nitrogen and oxygen atoms in total. The molecule has 2 atom stereocenters. The largest absolute Gasteiger partial charge is 0.369 e. The maximum atomic E-state index is 12.8. The molecule has 0 radical (unpaired) electrons. The lowest BCUT2D eigenvalue weighted by molar-refractivity contribution is -0.134. The normalized spacial score (nSPS) is 24.1. The summed E-state index contributed by atoms with van der Waals surface area (Å²) >= 11 is 1.65. The number of aromatic nitrogens is 1. The zero-order valence-electron chi connectivity index (χ0n) is 14.2. The monoisotopic (exact) mass is 342 g/mol. The molecule has 1 aliphatic rings. The summed E-state index contributed by atoms with van der Waals surface area (Å²) in [6, 6.07) is 8.09. The fraction of sp³-hybridized carbons (Fsp3) is 0.389. The van der Waals surface area contributed by atoms with Gasteiger partial charge in [0.05, 0.1) is 5.92 Å². The summed E-state index contributed by atoms with van der Waals surface area (Å²) in [6.07, 6.45) is 5.32. The van der Waals surface area contributed by atoms with Gasteiger partial charge in [0.15, 0.2) is 5.96 Å². The second-order valence-electron chi connectivity index (χ2n) is 6.26. The van der Waals surface area contributed by atoms with Crippen LogP contribution in [0.2, 0.25) is 0 Å². The Hall–Kier alpha value is -2.21. The van der Waals surface area contributed by atoms with Gasteiger partial charge in [0.25, 0.3) is 0 Å². The Morgan fingerprint density at radius 3 is 2.83 bits per heavy atom. The van der Waals surface area contributed by atoms with Gasteiger partial charge in [-0.1, -0.05) is 19.4 Å². The molecule has 2 N–H and O–H groups in total. The third-order valence-electron chi connectivity index (χ3n) is 4.63. The van der Waals surface area contributed by atoms with Gasteiger partial charge in [0, 0.05) is 34.8 Å². The maximum Gasteiger partial charge on any atom is 0.234 e. The molecule has 126 valence electrons. The van der Waals surface area contributed by atoms with Crippen molar-refractivity contribution >= 4 is 23.2 Å². The van der Waals surface area contributed by atoms with E-state index in [4.69, 9.17) is 10.7 Å². The van der Waals surface area contributed by atoms with Crippen LogP contribution in [0.5, 0.6) is 0 Å². The smallest absolute Gasteiger partial charge is 0.234 e. The van der Waals surface area contributed by atoms with E-state index >= 15 is 0 Å². The molecule has 24 heavy (non-hydrogen) atoms. The molecule has 6 heteroatoms. The topological polar surface area (TPSA) is 71.6 Å². The Balaban J connectivity index is 2.05. The van der Waals surface area contributed by atoms with E-state index in [1.54, 1.807) is 24.6 Å². The summed E-state index contributed by atoms with van der Waals surface area (Å²) in [5.41, 5.74) is 6.46. The van der Waals surface area contributed by atoms with E-state index in [1.165, 1.54) is 4.90 Å². The van der Waals surface area contributed by atoms with Crippen molar-refractivity contribution in [2.24, 2.45) is 16.6 Å². The molecule has 2 aromatic heterocycles. The van der Waals surface area contributed by atoms with Crippen molar-refractivity contribution in [3.8, 4) is 10.4 Å². The van der Waals surface area contributed by atoms with Gasteiger partial charge in [-0.15, -0.1) is 11.3 Å². The number of guanidine groups is 1. The van der Waals surface area contributed by atoms with E-state index in [-0.39, 0.29) is 17.8 Å². The quantitative estimate of drug-likeness (QED) is 0.927. The van der Waals surface area contributed by atoms with Gasteiger partial charge < -0.3 is 5.73 Å². The van der Waals surface area contributed by atoms with E-state index in [1.807, 2.05) is 25.3 Å². The van der Waals surface area contributed by atoms with Crippen LogP contribution in [0.3, 0.4) is 0 Å². The Morgan fingerprint density at radius 1 is 1.38 bits per heavy atom. The van der Waals surface area contributed by atoms with Crippen LogP contribution in [0.4, 0.5) is 0 Å². The lowest BCUT2D eigenvalue weighted by Gasteiger charge is -2.39. The number of rotatable bonds is 4. The van der Waals surface area contributed by atoms with Gasteiger partial charge in [-0.3, -0.25) is 14.7 Å². The van der Waals surface area contributed by atoms with E-state index in [0.29, 0.717) is 0 Å². The molecule has 3 rings (SSSR count). The van der Waals surface area contributed by atoms with Gasteiger partial charge in [-0.2, -0.15) is 0 Å². The number of aliphatic imine (C=N–C) groups is 1. The molecule has 1 amide bonds. The van der Waals surface area contributed by atoms with Crippen molar-refractivity contribution in [3.05, 3.63) is 41.5 Å².